The highest BCUT2D eigenvalue weighted by molar-refractivity contribution is 5.92. The van der Waals surface area contributed by atoms with Gasteiger partial charge < -0.3 is 15.3 Å². The monoisotopic (exact) mass is 352 g/mol. The minimum absolute atomic E-state index is 0.195. The summed E-state index contributed by atoms with van der Waals surface area (Å²) in [6, 6.07) is 9.87. The van der Waals surface area contributed by atoms with E-state index in [9.17, 15) is 9.59 Å². The SMILES string of the molecule is CC(=N)Cc1ccc(C(=O)Oc2ccc(CC(=O)O)n3ncnc23)cc1. The Morgan fingerprint density at radius 3 is 2.54 bits per heavy atom. The van der Waals surface area contributed by atoms with Gasteiger partial charge in [-0.25, -0.2) is 14.3 Å². The molecule has 2 N–H and O–H groups in total. The molecule has 2 heterocycles. The number of carboxylic acids is 1. The molecule has 0 saturated carbocycles. The lowest BCUT2D eigenvalue weighted by Crippen LogP contribution is -2.11. The number of benzene rings is 1. The van der Waals surface area contributed by atoms with E-state index >= 15 is 0 Å². The molecule has 2 aromatic heterocycles. The minimum atomic E-state index is -0.994. The molecule has 0 radical (unpaired) electrons. The number of hydrogen-bond acceptors (Lipinski definition) is 6. The number of carbonyl (C=O) groups is 2. The Morgan fingerprint density at radius 2 is 1.88 bits per heavy atom. The molecule has 0 bridgehead atoms. The van der Waals surface area contributed by atoms with Gasteiger partial charge in [-0.1, -0.05) is 12.1 Å². The average Bonchev–Trinajstić information content (AvgIpc) is 3.07. The molecule has 1 aromatic carbocycles. The molecule has 0 unspecified atom stereocenters. The Kier molecular flexibility index (Phi) is 4.74. The van der Waals surface area contributed by atoms with Gasteiger partial charge in [-0.15, -0.1) is 0 Å². The van der Waals surface area contributed by atoms with E-state index in [-0.39, 0.29) is 17.8 Å². The number of pyridine rings is 1. The van der Waals surface area contributed by atoms with E-state index in [2.05, 4.69) is 10.1 Å². The van der Waals surface area contributed by atoms with Crippen molar-refractivity contribution < 1.29 is 19.4 Å². The summed E-state index contributed by atoms with van der Waals surface area (Å²) in [4.78, 5) is 27.3. The number of ether oxygens (including phenoxy) is 1. The molecule has 0 atom stereocenters. The molecule has 0 aliphatic rings. The number of carbonyl (C=O) groups excluding carboxylic acids is 1. The first-order valence-corrected chi connectivity index (χ1v) is 7.82. The van der Waals surface area contributed by atoms with E-state index in [4.69, 9.17) is 15.3 Å². The number of carboxylic acid groups (broad SMARTS) is 1. The summed E-state index contributed by atoms with van der Waals surface area (Å²) in [5.74, 6) is -1.35. The zero-order valence-corrected chi connectivity index (χ0v) is 14.0. The number of nitrogens with one attached hydrogen (secondary N) is 1. The molecular weight excluding hydrogens is 336 g/mol. The van der Waals surface area contributed by atoms with Crippen molar-refractivity contribution in [1.82, 2.24) is 14.6 Å². The van der Waals surface area contributed by atoms with Crippen LogP contribution in [0.15, 0.2) is 42.7 Å². The van der Waals surface area contributed by atoms with Crippen molar-refractivity contribution in [3.8, 4) is 5.75 Å². The second-order valence-electron chi connectivity index (χ2n) is 5.80. The van der Waals surface area contributed by atoms with E-state index < -0.39 is 11.9 Å². The number of rotatable bonds is 6. The van der Waals surface area contributed by atoms with Crippen molar-refractivity contribution in [2.24, 2.45) is 0 Å². The quantitative estimate of drug-likeness (QED) is 0.518. The molecule has 3 rings (SSSR count). The van der Waals surface area contributed by atoms with E-state index in [1.165, 1.54) is 23.0 Å². The van der Waals surface area contributed by atoms with Crippen LogP contribution in [-0.2, 0) is 17.6 Å². The fraction of sp³-hybridized carbons (Fsp3) is 0.167. The van der Waals surface area contributed by atoms with Gasteiger partial charge in [0.25, 0.3) is 0 Å². The lowest BCUT2D eigenvalue weighted by atomic mass is 10.1. The summed E-state index contributed by atoms with van der Waals surface area (Å²) >= 11 is 0. The third-order valence-corrected chi connectivity index (χ3v) is 3.66. The predicted molar refractivity (Wildman–Crippen MR) is 92.8 cm³/mol. The molecule has 0 aliphatic carbocycles. The number of esters is 1. The zero-order chi connectivity index (χ0) is 18.7. The largest absolute Gasteiger partial charge is 0.481 e. The zero-order valence-electron chi connectivity index (χ0n) is 14.0. The molecule has 0 spiro atoms. The van der Waals surface area contributed by atoms with Crippen molar-refractivity contribution in [3.05, 3.63) is 59.5 Å². The van der Waals surface area contributed by atoms with Gasteiger partial charge in [-0.05, 0) is 36.8 Å². The van der Waals surface area contributed by atoms with E-state index in [1.54, 1.807) is 31.2 Å². The third-order valence-electron chi connectivity index (χ3n) is 3.66. The smallest absolute Gasteiger partial charge is 0.343 e. The number of aromatic nitrogens is 3. The van der Waals surface area contributed by atoms with Crippen LogP contribution in [-0.4, -0.2) is 37.4 Å². The first kappa shape index (κ1) is 17.3. The fourth-order valence-electron chi connectivity index (χ4n) is 2.53. The molecule has 8 heteroatoms. The van der Waals surface area contributed by atoms with Gasteiger partial charge in [0.15, 0.2) is 11.4 Å². The second-order valence-corrected chi connectivity index (χ2v) is 5.80. The van der Waals surface area contributed by atoms with Crippen LogP contribution in [0.3, 0.4) is 0 Å². The number of fused-ring (bicyclic) bond motifs is 1. The Bertz CT molecular complexity index is 992. The van der Waals surface area contributed by atoms with Crippen LogP contribution >= 0.6 is 0 Å². The van der Waals surface area contributed by atoms with Crippen LogP contribution < -0.4 is 4.74 Å². The summed E-state index contributed by atoms with van der Waals surface area (Å²) in [5.41, 5.74) is 2.54. The molecule has 8 nitrogen and oxygen atoms in total. The molecule has 26 heavy (non-hydrogen) atoms. The van der Waals surface area contributed by atoms with Crippen LogP contribution in [0.25, 0.3) is 5.65 Å². The minimum Gasteiger partial charge on any atom is -0.481 e. The molecule has 0 aliphatic heterocycles. The Balaban J connectivity index is 1.82. The van der Waals surface area contributed by atoms with Crippen molar-refractivity contribution in [3.63, 3.8) is 0 Å². The van der Waals surface area contributed by atoms with Gasteiger partial charge in [0.05, 0.1) is 17.7 Å². The molecular formula is C18H16N4O4. The number of nitrogens with zero attached hydrogens (tertiary/aromatic N) is 3. The summed E-state index contributed by atoms with van der Waals surface area (Å²) in [5, 5.41) is 20.4. The normalized spacial score (nSPS) is 10.7. The molecule has 0 amide bonds. The highest BCUT2D eigenvalue weighted by Crippen LogP contribution is 2.21. The number of hydrogen-bond donors (Lipinski definition) is 2. The first-order valence-electron chi connectivity index (χ1n) is 7.82. The maximum absolute atomic E-state index is 12.4. The molecule has 3 aromatic rings. The number of aliphatic carboxylic acids is 1. The van der Waals surface area contributed by atoms with Gasteiger partial charge in [-0.2, -0.15) is 5.10 Å². The molecule has 0 saturated heterocycles. The van der Waals surface area contributed by atoms with Gasteiger partial charge in [0.2, 0.25) is 0 Å². The van der Waals surface area contributed by atoms with E-state index in [0.29, 0.717) is 23.4 Å². The van der Waals surface area contributed by atoms with Crippen LogP contribution in [0.5, 0.6) is 5.75 Å². The van der Waals surface area contributed by atoms with Gasteiger partial charge in [0, 0.05) is 12.1 Å². The van der Waals surface area contributed by atoms with E-state index in [0.717, 1.165) is 5.56 Å². The van der Waals surface area contributed by atoms with Crippen molar-refractivity contribution in [1.29, 1.82) is 5.41 Å². The van der Waals surface area contributed by atoms with Crippen LogP contribution in [0, 0.1) is 5.41 Å². The van der Waals surface area contributed by atoms with Crippen molar-refractivity contribution in [2.75, 3.05) is 0 Å². The fourth-order valence-corrected chi connectivity index (χ4v) is 2.53. The Labute approximate surface area is 148 Å². The van der Waals surface area contributed by atoms with Crippen LogP contribution in [0.2, 0.25) is 0 Å². The summed E-state index contributed by atoms with van der Waals surface area (Å²) < 4.78 is 6.74. The highest BCUT2D eigenvalue weighted by atomic mass is 16.5. The predicted octanol–water partition coefficient (Wildman–Crippen LogP) is 2.16. The lowest BCUT2D eigenvalue weighted by Gasteiger charge is -2.08. The Hall–Kier alpha value is -3.55. The topological polar surface area (TPSA) is 118 Å². The summed E-state index contributed by atoms with van der Waals surface area (Å²) in [6.45, 7) is 1.72. The second kappa shape index (κ2) is 7.14. The molecule has 0 fully saturated rings. The summed E-state index contributed by atoms with van der Waals surface area (Å²) in [7, 11) is 0. The van der Waals surface area contributed by atoms with Crippen LogP contribution in [0.1, 0.15) is 28.5 Å². The van der Waals surface area contributed by atoms with E-state index in [1.807, 2.05) is 0 Å². The summed E-state index contributed by atoms with van der Waals surface area (Å²) in [6.07, 6.45) is 1.58. The maximum Gasteiger partial charge on any atom is 0.343 e. The van der Waals surface area contributed by atoms with Crippen molar-refractivity contribution >= 4 is 23.3 Å². The Morgan fingerprint density at radius 1 is 1.15 bits per heavy atom. The average molecular weight is 352 g/mol. The third kappa shape index (κ3) is 3.75. The van der Waals surface area contributed by atoms with Crippen LogP contribution in [0.4, 0.5) is 0 Å². The molecule has 132 valence electrons. The van der Waals surface area contributed by atoms with Crippen molar-refractivity contribution in [2.45, 2.75) is 19.8 Å². The highest BCUT2D eigenvalue weighted by Gasteiger charge is 2.15. The first-order chi connectivity index (χ1) is 12.4. The maximum atomic E-state index is 12.4. The van der Waals surface area contributed by atoms with Gasteiger partial charge in [0.1, 0.15) is 6.33 Å². The standard InChI is InChI=1S/C18H16N4O4/c1-11(19)8-12-2-4-13(5-3-12)18(25)26-15-7-6-14(9-16(23)24)22-17(15)20-10-21-22/h2-7,10,19H,8-9H2,1H3,(H,23,24). The van der Waals surface area contributed by atoms with Gasteiger partial charge in [-0.3, -0.25) is 4.79 Å². The van der Waals surface area contributed by atoms with Gasteiger partial charge >= 0.3 is 11.9 Å². The lowest BCUT2D eigenvalue weighted by molar-refractivity contribution is -0.136.